The number of benzene rings is 1. The molecule has 5 nitrogen and oxygen atoms in total. The predicted octanol–water partition coefficient (Wildman–Crippen LogP) is 2.33. The van der Waals surface area contributed by atoms with Crippen molar-refractivity contribution in [2.45, 2.75) is 6.54 Å². The summed E-state index contributed by atoms with van der Waals surface area (Å²) in [7, 11) is 0. The van der Waals surface area contributed by atoms with Gasteiger partial charge in [0.1, 0.15) is 0 Å². The minimum atomic E-state index is -1.08. The van der Waals surface area contributed by atoms with Gasteiger partial charge in [0.05, 0.1) is 12.7 Å². The molecule has 0 aliphatic carbocycles. The van der Waals surface area contributed by atoms with E-state index in [1.165, 1.54) is 10.9 Å². The molecule has 0 atom stereocenters. The maximum absolute atomic E-state index is 10.9. The Bertz CT molecular complexity index is 568. The third-order valence-electron chi connectivity index (χ3n) is 2.17. The lowest BCUT2D eigenvalue weighted by Gasteiger charge is -2.05. The number of rotatable bonds is 3. The molecule has 0 spiro atoms. The molecule has 1 aromatic carbocycles. The van der Waals surface area contributed by atoms with Crippen LogP contribution in [0, 0.1) is 0 Å². The maximum Gasteiger partial charge on any atom is 0.355 e. The van der Waals surface area contributed by atoms with Crippen LogP contribution in [-0.2, 0) is 6.54 Å². The molecule has 0 aliphatic rings. The number of hydrogen-bond donors (Lipinski definition) is 1. The standard InChI is InChI=1S/C10H7Cl2N3O2/c11-7-2-1-6(8(12)3-7)5-15-9(10(16)17)4-13-14-15/h1-4H,5H2,(H,16,17). The van der Waals surface area contributed by atoms with E-state index in [4.69, 9.17) is 28.3 Å². The van der Waals surface area contributed by atoms with Crippen LogP contribution >= 0.6 is 23.2 Å². The Hall–Kier alpha value is -1.59. The first-order valence-electron chi connectivity index (χ1n) is 4.63. The first kappa shape index (κ1) is 11.9. The van der Waals surface area contributed by atoms with E-state index in [0.29, 0.717) is 10.0 Å². The summed E-state index contributed by atoms with van der Waals surface area (Å²) in [5.74, 6) is -1.08. The summed E-state index contributed by atoms with van der Waals surface area (Å²) < 4.78 is 1.26. The summed E-state index contributed by atoms with van der Waals surface area (Å²) in [6, 6.07) is 4.99. The van der Waals surface area contributed by atoms with Crippen LogP contribution in [0.15, 0.2) is 24.4 Å². The van der Waals surface area contributed by atoms with E-state index in [1.54, 1.807) is 18.2 Å². The third-order valence-corrected chi connectivity index (χ3v) is 2.76. The number of hydrogen-bond acceptors (Lipinski definition) is 3. The van der Waals surface area contributed by atoms with Gasteiger partial charge in [-0.1, -0.05) is 34.5 Å². The van der Waals surface area contributed by atoms with Crippen LogP contribution in [0.4, 0.5) is 0 Å². The minimum absolute atomic E-state index is 0.0102. The number of halogens is 2. The Labute approximate surface area is 107 Å². The van der Waals surface area contributed by atoms with Crippen molar-refractivity contribution in [2.75, 3.05) is 0 Å². The summed E-state index contributed by atoms with van der Waals surface area (Å²) in [5.41, 5.74) is 0.736. The number of carbonyl (C=O) groups is 1. The molecule has 1 N–H and O–H groups in total. The Balaban J connectivity index is 2.31. The second-order valence-electron chi connectivity index (χ2n) is 3.32. The molecule has 17 heavy (non-hydrogen) atoms. The highest BCUT2D eigenvalue weighted by atomic mass is 35.5. The lowest BCUT2D eigenvalue weighted by atomic mass is 10.2. The summed E-state index contributed by atoms with van der Waals surface area (Å²) >= 11 is 11.8. The molecular weight excluding hydrogens is 265 g/mol. The number of aromatic carboxylic acids is 1. The highest BCUT2D eigenvalue weighted by Crippen LogP contribution is 2.21. The van der Waals surface area contributed by atoms with E-state index in [0.717, 1.165) is 5.56 Å². The molecule has 88 valence electrons. The SMILES string of the molecule is O=C(O)c1cnnn1Cc1ccc(Cl)cc1Cl. The number of aromatic nitrogens is 3. The van der Waals surface area contributed by atoms with Gasteiger partial charge in [-0.05, 0) is 17.7 Å². The normalized spacial score (nSPS) is 10.5. The van der Waals surface area contributed by atoms with Gasteiger partial charge in [0, 0.05) is 10.0 Å². The molecule has 0 aliphatic heterocycles. The highest BCUT2D eigenvalue weighted by molar-refractivity contribution is 6.35. The van der Waals surface area contributed by atoms with Crippen LogP contribution in [-0.4, -0.2) is 26.1 Å². The molecule has 0 saturated heterocycles. The van der Waals surface area contributed by atoms with Crippen LogP contribution in [0.3, 0.4) is 0 Å². The summed E-state index contributed by atoms with van der Waals surface area (Å²) in [4.78, 5) is 10.9. The zero-order chi connectivity index (χ0) is 12.4. The smallest absolute Gasteiger partial charge is 0.355 e. The minimum Gasteiger partial charge on any atom is -0.476 e. The van der Waals surface area contributed by atoms with Crippen LogP contribution in [0.1, 0.15) is 16.1 Å². The van der Waals surface area contributed by atoms with Crippen molar-refractivity contribution >= 4 is 29.2 Å². The quantitative estimate of drug-likeness (QED) is 0.931. The largest absolute Gasteiger partial charge is 0.476 e. The molecule has 2 rings (SSSR count). The van der Waals surface area contributed by atoms with E-state index >= 15 is 0 Å². The van der Waals surface area contributed by atoms with E-state index in [1.807, 2.05) is 0 Å². The van der Waals surface area contributed by atoms with Crippen molar-refractivity contribution < 1.29 is 9.90 Å². The van der Waals surface area contributed by atoms with E-state index in [9.17, 15) is 4.79 Å². The van der Waals surface area contributed by atoms with Gasteiger partial charge in [-0.3, -0.25) is 0 Å². The molecular formula is C10H7Cl2N3O2. The molecule has 0 unspecified atom stereocenters. The van der Waals surface area contributed by atoms with Crippen LogP contribution < -0.4 is 0 Å². The zero-order valence-electron chi connectivity index (χ0n) is 8.47. The second kappa shape index (κ2) is 4.73. The Morgan fingerprint density at radius 1 is 1.41 bits per heavy atom. The van der Waals surface area contributed by atoms with Gasteiger partial charge in [0.15, 0.2) is 5.69 Å². The number of carboxylic acid groups (broad SMARTS) is 1. The summed E-state index contributed by atoms with van der Waals surface area (Å²) in [5, 5.41) is 17.1. The fraction of sp³-hybridized carbons (Fsp3) is 0.100. The lowest BCUT2D eigenvalue weighted by Crippen LogP contribution is -2.11. The lowest BCUT2D eigenvalue weighted by molar-refractivity contribution is 0.0684. The number of carboxylic acids is 1. The van der Waals surface area contributed by atoms with Crippen molar-refractivity contribution in [1.29, 1.82) is 0 Å². The molecule has 1 heterocycles. The van der Waals surface area contributed by atoms with Crippen molar-refractivity contribution in [3.63, 3.8) is 0 Å². The first-order valence-corrected chi connectivity index (χ1v) is 5.39. The molecule has 7 heteroatoms. The van der Waals surface area contributed by atoms with Crippen LogP contribution in [0.2, 0.25) is 10.0 Å². The molecule has 0 fully saturated rings. The van der Waals surface area contributed by atoms with Crippen molar-refractivity contribution in [1.82, 2.24) is 15.0 Å². The third kappa shape index (κ3) is 2.57. The van der Waals surface area contributed by atoms with E-state index < -0.39 is 5.97 Å². The number of nitrogens with zero attached hydrogens (tertiary/aromatic N) is 3. The second-order valence-corrected chi connectivity index (χ2v) is 4.16. The average molecular weight is 272 g/mol. The van der Waals surface area contributed by atoms with Gasteiger partial charge < -0.3 is 5.11 Å². The van der Waals surface area contributed by atoms with Gasteiger partial charge in [-0.15, -0.1) is 5.10 Å². The molecule has 1 aromatic heterocycles. The van der Waals surface area contributed by atoms with Crippen LogP contribution in [0.25, 0.3) is 0 Å². The van der Waals surface area contributed by atoms with Crippen LogP contribution in [0.5, 0.6) is 0 Å². The van der Waals surface area contributed by atoms with E-state index in [-0.39, 0.29) is 12.2 Å². The van der Waals surface area contributed by atoms with Gasteiger partial charge in [0.2, 0.25) is 0 Å². The average Bonchev–Trinajstić information content (AvgIpc) is 2.70. The molecule has 2 aromatic rings. The Morgan fingerprint density at radius 3 is 2.82 bits per heavy atom. The Morgan fingerprint density at radius 2 is 2.18 bits per heavy atom. The maximum atomic E-state index is 10.9. The zero-order valence-corrected chi connectivity index (χ0v) is 9.98. The molecule has 0 amide bonds. The van der Waals surface area contributed by atoms with Crippen molar-refractivity contribution in [3.8, 4) is 0 Å². The highest BCUT2D eigenvalue weighted by Gasteiger charge is 2.12. The van der Waals surface area contributed by atoms with Gasteiger partial charge >= 0.3 is 5.97 Å². The summed E-state index contributed by atoms with van der Waals surface area (Å²) in [6.07, 6.45) is 1.19. The van der Waals surface area contributed by atoms with Crippen molar-refractivity contribution in [3.05, 3.63) is 45.7 Å². The first-order chi connectivity index (χ1) is 8.08. The monoisotopic (exact) mass is 271 g/mol. The fourth-order valence-corrected chi connectivity index (χ4v) is 1.82. The predicted molar refractivity (Wildman–Crippen MR) is 62.5 cm³/mol. The fourth-order valence-electron chi connectivity index (χ4n) is 1.35. The van der Waals surface area contributed by atoms with Gasteiger partial charge in [-0.2, -0.15) is 0 Å². The summed E-state index contributed by atoms with van der Waals surface area (Å²) in [6.45, 7) is 0.234. The topological polar surface area (TPSA) is 68.0 Å². The Kier molecular flexibility index (Phi) is 3.31. The molecule has 0 bridgehead atoms. The van der Waals surface area contributed by atoms with Gasteiger partial charge in [-0.25, -0.2) is 9.48 Å². The molecule has 0 radical (unpaired) electrons. The van der Waals surface area contributed by atoms with Gasteiger partial charge in [0.25, 0.3) is 0 Å². The van der Waals surface area contributed by atoms with E-state index in [2.05, 4.69) is 10.3 Å². The molecule has 0 saturated carbocycles. The van der Waals surface area contributed by atoms with Crippen molar-refractivity contribution in [2.24, 2.45) is 0 Å².